The zero-order valence-electron chi connectivity index (χ0n) is 9.92. The third-order valence-electron chi connectivity index (χ3n) is 1.67. The monoisotopic (exact) mass is 202 g/mol. The second kappa shape index (κ2) is 6.02. The van der Waals surface area contributed by atoms with E-state index in [2.05, 4.69) is 0 Å². The molecule has 0 rings (SSSR count). The zero-order chi connectivity index (χ0) is 11.2. The van der Waals surface area contributed by atoms with E-state index in [0.717, 1.165) is 6.42 Å². The van der Waals surface area contributed by atoms with Crippen LogP contribution in [0.5, 0.6) is 0 Å². The topological polar surface area (TPSA) is 35.5 Å². The summed E-state index contributed by atoms with van der Waals surface area (Å²) in [5, 5.41) is 0. The van der Waals surface area contributed by atoms with Gasteiger partial charge < -0.3 is 9.47 Å². The standard InChI is InChI=1S/C11H22O3/c1-6-7-13-9(2)8-14-10(12)11(3,4)5/h9H,6-8H2,1-5H3. The third-order valence-corrected chi connectivity index (χ3v) is 1.67. The van der Waals surface area contributed by atoms with E-state index in [1.807, 2.05) is 34.6 Å². The van der Waals surface area contributed by atoms with Crippen molar-refractivity contribution in [1.29, 1.82) is 0 Å². The van der Waals surface area contributed by atoms with E-state index in [-0.39, 0.29) is 12.1 Å². The molecule has 84 valence electrons. The summed E-state index contributed by atoms with van der Waals surface area (Å²) in [6.07, 6.45) is 0.971. The van der Waals surface area contributed by atoms with Crippen LogP contribution in [-0.2, 0) is 14.3 Å². The molecule has 1 unspecified atom stereocenters. The van der Waals surface area contributed by atoms with Gasteiger partial charge in [0, 0.05) is 6.61 Å². The fraction of sp³-hybridized carbons (Fsp3) is 0.909. The van der Waals surface area contributed by atoms with E-state index < -0.39 is 5.41 Å². The first-order chi connectivity index (χ1) is 6.38. The van der Waals surface area contributed by atoms with Crippen molar-refractivity contribution >= 4 is 5.97 Å². The molecule has 0 N–H and O–H groups in total. The molecule has 0 amide bonds. The number of hydrogen-bond acceptors (Lipinski definition) is 3. The van der Waals surface area contributed by atoms with Gasteiger partial charge in [-0.2, -0.15) is 0 Å². The number of ether oxygens (including phenoxy) is 2. The van der Waals surface area contributed by atoms with E-state index in [1.54, 1.807) is 0 Å². The molecule has 0 aromatic heterocycles. The van der Waals surface area contributed by atoms with E-state index in [9.17, 15) is 4.79 Å². The molecular weight excluding hydrogens is 180 g/mol. The quantitative estimate of drug-likeness (QED) is 0.642. The minimum Gasteiger partial charge on any atom is -0.463 e. The van der Waals surface area contributed by atoms with Crippen LogP contribution in [0.25, 0.3) is 0 Å². The molecule has 0 fully saturated rings. The Labute approximate surface area is 86.8 Å². The number of carbonyl (C=O) groups excluding carboxylic acids is 1. The lowest BCUT2D eigenvalue weighted by molar-refractivity contribution is -0.156. The summed E-state index contributed by atoms with van der Waals surface area (Å²) < 4.78 is 10.5. The maximum Gasteiger partial charge on any atom is 0.311 e. The first kappa shape index (κ1) is 13.4. The lowest BCUT2D eigenvalue weighted by atomic mass is 9.97. The summed E-state index contributed by atoms with van der Waals surface area (Å²) in [7, 11) is 0. The second-order valence-electron chi connectivity index (χ2n) is 4.53. The summed E-state index contributed by atoms with van der Waals surface area (Å²) in [5.74, 6) is -0.176. The summed E-state index contributed by atoms with van der Waals surface area (Å²) in [6, 6.07) is 0. The van der Waals surface area contributed by atoms with E-state index in [4.69, 9.17) is 9.47 Å². The Kier molecular flexibility index (Phi) is 5.77. The summed E-state index contributed by atoms with van der Waals surface area (Å²) >= 11 is 0. The van der Waals surface area contributed by atoms with Crippen molar-refractivity contribution in [2.75, 3.05) is 13.2 Å². The molecule has 3 nitrogen and oxygen atoms in total. The van der Waals surface area contributed by atoms with Crippen molar-refractivity contribution in [2.24, 2.45) is 5.41 Å². The highest BCUT2D eigenvalue weighted by Crippen LogP contribution is 2.15. The van der Waals surface area contributed by atoms with Gasteiger partial charge in [0.15, 0.2) is 0 Å². The van der Waals surface area contributed by atoms with Gasteiger partial charge in [0.25, 0.3) is 0 Å². The van der Waals surface area contributed by atoms with E-state index >= 15 is 0 Å². The molecule has 14 heavy (non-hydrogen) atoms. The predicted molar refractivity (Wildman–Crippen MR) is 56.1 cm³/mol. The van der Waals surface area contributed by atoms with Crippen molar-refractivity contribution in [1.82, 2.24) is 0 Å². The number of rotatable bonds is 5. The molecule has 0 bridgehead atoms. The van der Waals surface area contributed by atoms with Crippen LogP contribution in [0.4, 0.5) is 0 Å². The number of esters is 1. The van der Waals surface area contributed by atoms with Gasteiger partial charge in [-0.1, -0.05) is 6.92 Å². The normalized spacial score (nSPS) is 13.8. The molecule has 0 spiro atoms. The van der Waals surface area contributed by atoms with Crippen LogP contribution < -0.4 is 0 Å². The van der Waals surface area contributed by atoms with Crippen molar-refractivity contribution in [3.8, 4) is 0 Å². The van der Waals surface area contributed by atoms with Crippen LogP contribution in [0.3, 0.4) is 0 Å². The fourth-order valence-electron chi connectivity index (χ4n) is 0.777. The Morgan fingerprint density at radius 2 is 1.93 bits per heavy atom. The predicted octanol–water partition coefficient (Wildman–Crippen LogP) is 2.39. The van der Waals surface area contributed by atoms with Gasteiger partial charge in [-0.3, -0.25) is 4.79 Å². The summed E-state index contributed by atoms with van der Waals surface area (Å²) in [5.41, 5.74) is -0.426. The maximum atomic E-state index is 11.4. The Hall–Kier alpha value is -0.570. The highest BCUT2D eigenvalue weighted by molar-refractivity contribution is 5.75. The minimum atomic E-state index is -0.426. The van der Waals surface area contributed by atoms with Crippen LogP contribution in [0.15, 0.2) is 0 Å². The zero-order valence-corrected chi connectivity index (χ0v) is 9.92. The Morgan fingerprint density at radius 1 is 1.36 bits per heavy atom. The highest BCUT2D eigenvalue weighted by atomic mass is 16.6. The van der Waals surface area contributed by atoms with Crippen LogP contribution in [0, 0.1) is 5.41 Å². The average Bonchev–Trinajstić information content (AvgIpc) is 2.09. The molecule has 0 aliphatic rings. The Balaban J connectivity index is 3.67. The van der Waals surface area contributed by atoms with Crippen LogP contribution >= 0.6 is 0 Å². The van der Waals surface area contributed by atoms with E-state index in [0.29, 0.717) is 13.2 Å². The molecule has 0 aromatic carbocycles. The molecule has 3 heteroatoms. The number of carbonyl (C=O) groups is 1. The first-order valence-corrected chi connectivity index (χ1v) is 5.16. The van der Waals surface area contributed by atoms with Crippen LogP contribution in [0.1, 0.15) is 41.0 Å². The lowest BCUT2D eigenvalue weighted by Gasteiger charge is -2.19. The highest BCUT2D eigenvalue weighted by Gasteiger charge is 2.23. The van der Waals surface area contributed by atoms with Gasteiger partial charge in [-0.15, -0.1) is 0 Å². The van der Waals surface area contributed by atoms with Gasteiger partial charge in [-0.25, -0.2) is 0 Å². The Morgan fingerprint density at radius 3 is 2.36 bits per heavy atom. The SMILES string of the molecule is CCCOC(C)COC(=O)C(C)(C)C. The molecule has 0 aliphatic heterocycles. The smallest absolute Gasteiger partial charge is 0.311 e. The fourth-order valence-corrected chi connectivity index (χ4v) is 0.777. The summed E-state index contributed by atoms with van der Waals surface area (Å²) in [6.45, 7) is 10.5. The van der Waals surface area contributed by atoms with Crippen LogP contribution in [0.2, 0.25) is 0 Å². The van der Waals surface area contributed by atoms with Crippen molar-refractivity contribution in [2.45, 2.75) is 47.1 Å². The van der Waals surface area contributed by atoms with E-state index in [1.165, 1.54) is 0 Å². The third kappa shape index (κ3) is 5.97. The molecule has 0 aliphatic carbocycles. The van der Waals surface area contributed by atoms with Gasteiger partial charge in [0.1, 0.15) is 6.61 Å². The van der Waals surface area contributed by atoms with Crippen LogP contribution in [-0.4, -0.2) is 25.3 Å². The number of hydrogen-bond donors (Lipinski definition) is 0. The first-order valence-electron chi connectivity index (χ1n) is 5.16. The molecule has 0 saturated heterocycles. The summed E-state index contributed by atoms with van der Waals surface area (Å²) in [4.78, 5) is 11.4. The lowest BCUT2D eigenvalue weighted by Crippen LogP contribution is -2.27. The molecular formula is C11H22O3. The second-order valence-corrected chi connectivity index (χ2v) is 4.53. The average molecular weight is 202 g/mol. The Bertz CT molecular complexity index is 170. The van der Waals surface area contributed by atoms with Gasteiger partial charge in [0.2, 0.25) is 0 Å². The van der Waals surface area contributed by atoms with Gasteiger partial charge in [0.05, 0.1) is 11.5 Å². The molecule has 0 aromatic rings. The molecule has 1 atom stereocenters. The largest absolute Gasteiger partial charge is 0.463 e. The van der Waals surface area contributed by atoms with Crippen molar-refractivity contribution in [3.63, 3.8) is 0 Å². The maximum absolute atomic E-state index is 11.4. The molecule has 0 radical (unpaired) electrons. The minimum absolute atomic E-state index is 0.0127. The molecule has 0 saturated carbocycles. The van der Waals surface area contributed by atoms with Crippen molar-refractivity contribution in [3.05, 3.63) is 0 Å². The molecule has 0 heterocycles. The van der Waals surface area contributed by atoms with Crippen molar-refractivity contribution < 1.29 is 14.3 Å². The van der Waals surface area contributed by atoms with Gasteiger partial charge >= 0.3 is 5.97 Å². The van der Waals surface area contributed by atoms with Gasteiger partial charge in [-0.05, 0) is 34.1 Å².